The zero-order valence-electron chi connectivity index (χ0n) is 9.71. The minimum atomic E-state index is -3.76. The maximum Gasteiger partial charge on any atom is 0.243 e. The summed E-state index contributed by atoms with van der Waals surface area (Å²) in [5, 5.41) is 0.124. The molecule has 102 valence electrons. The van der Waals surface area contributed by atoms with Crippen molar-refractivity contribution in [1.29, 1.82) is 0 Å². The molecule has 0 spiro atoms. The number of ether oxygens (including phenoxy) is 1. The fourth-order valence-electron chi connectivity index (χ4n) is 1.17. The van der Waals surface area contributed by atoms with E-state index in [0.29, 0.717) is 4.47 Å². The summed E-state index contributed by atoms with van der Waals surface area (Å²) in [4.78, 5) is -0.127. The lowest BCUT2D eigenvalue weighted by Crippen LogP contribution is -2.32. The van der Waals surface area contributed by atoms with Crippen LogP contribution in [-0.4, -0.2) is 28.2 Å². The molecule has 0 aliphatic carbocycles. The molecule has 4 nitrogen and oxygen atoms in total. The first-order valence-electron chi connectivity index (χ1n) is 4.95. The molecule has 1 unspecified atom stereocenters. The number of hydrogen-bond acceptors (Lipinski definition) is 3. The first kappa shape index (κ1) is 16.2. The highest BCUT2D eigenvalue weighted by Gasteiger charge is 2.22. The van der Waals surface area contributed by atoms with Crippen molar-refractivity contribution in [1.82, 2.24) is 4.72 Å². The number of rotatable bonds is 5. The Hall–Kier alpha value is 0.150. The molecule has 0 saturated carbocycles. The van der Waals surface area contributed by atoms with Crippen LogP contribution in [0, 0.1) is 0 Å². The second-order valence-corrected chi connectivity index (χ2v) is 7.03. The number of hydrogen-bond donors (Lipinski definition) is 1. The molecule has 0 aliphatic rings. The Morgan fingerprint density at radius 3 is 2.33 bits per heavy atom. The number of sulfonamides is 1. The van der Waals surface area contributed by atoms with Crippen molar-refractivity contribution in [2.24, 2.45) is 0 Å². The number of nitrogens with one attached hydrogen (secondary N) is 1. The average molecular weight is 377 g/mol. The fraction of sp³-hybridized carbons (Fsp3) is 0.400. The summed E-state index contributed by atoms with van der Waals surface area (Å²) in [5.74, 6) is 0. The van der Waals surface area contributed by atoms with E-state index in [2.05, 4.69) is 20.7 Å². The molecule has 0 aromatic heterocycles. The van der Waals surface area contributed by atoms with Gasteiger partial charge in [0.25, 0.3) is 0 Å². The van der Waals surface area contributed by atoms with Gasteiger partial charge in [-0.25, -0.2) is 13.1 Å². The van der Waals surface area contributed by atoms with E-state index in [0.717, 1.165) is 0 Å². The Kier molecular flexibility index (Phi) is 5.89. The molecular formula is C10H12BrCl2NO3S. The van der Waals surface area contributed by atoms with Gasteiger partial charge in [-0.2, -0.15) is 0 Å². The summed E-state index contributed by atoms with van der Waals surface area (Å²) in [6.07, 6.45) is -0.243. The zero-order chi connectivity index (χ0) is 13.9. The average Bonchev–Trinajstić information content (AvgIpc) is 2.24. The summed E-state index contributed by atoms with van der Waals surface area (Å²) in [7, 11) is -2.26. The van der Waals surface area contributed by atoms with Crippen molar-refractivity contribution < 1.29 is 13.2 Å². The van der Waals surface area contributed by atoms with Crippen LogP contribution >= 0.6 is 39.1 Å². The molecule has 1 rings (SSSR count). The lowest BCUT2D eigenvalue weighted by atomic mass is 10.4. The van der Waals surface area contributed by atoms with Crippen molar-refractivity contribution in [3.8, 4) is 0 Å². The van der Waals surface area contributed by atoms with Crippen LogP contribution < -0.4 is 4.72 Å². The monoisotopic (exact) mass is 375 g/mol. The predicted octanol–water partition coefficient (Wildman–Crippen LogP) is 3.07. The molecular weight excluding hydrogens is 365 g/mol. The predicted molar refractivity (Wildman–Crippen MR) is 75.8 cm³/mol. The minimum absolute atomic E-state index is 0.0620. The van der Waals surface area contributed by atoms with Crippen LogP contribution in [0.15, 0.2) is 21.5 Å². The Morgan fingerprint density at radius 1 is 1.39 bits per heavy atom. The topological polar surface area (TPSA) is 55.4 Å². The van der Waals surface area contributed by atoms with Gasteiger partial charge in [0.15, 0.2) is 0 Å². The second-order valence-electron chi connectivity index (χ2n) is 3.60. The first-order valence-corrected chi connectivity index (χ1v) is 7.98. The van der Waals surface area contributed by atoms with Crippen LogP contribution in [0.2, 0.25) is 10.0 Å². The maximum absolute atomic E-state index is 12.1. The molecule has 0 heterocycles. The molecule has 1 aromatic rings. The van der Waals surface area contributed by atoms with E-state index >= 15 is 0 Å². The van der Waals surface area contributed by atoms with E-state index in [4.69, 9.17) is 27.9 Å². The molecule has 1 atom stereocenters. The van der Waals surface area contributed by atoms with Gasteiger partial charge in [0.2, 0.25) is 10.0 Å². The van der Waals surface area contributed by atoms with E-state index in [-0.39, 0.29) is 27.6 Å². The second kappa shape index (κ2) is 6.54. The van der Waals surface area contributed by atoms with E-state index in [1.807, 2.05) is 0 Å². The van der Waals surface area contributed by atoms with Gasteiger partial charge in [-0.05, 0) is 19.1 Å². The summed E-state index contributed by atoms with van der Waals surface area (Å²) in [5.41, 5.74) is 0. The summed E-state index contributed by atoms with van der Waals surface area (Å²) in [6.45, 7) is 1.88. The third-order valence-corrected chi connectivity index (χ3v) is 5.00. The largest absolute Gasteiger partial charge is 0.380 e. The molecule has 0 radical (unpaired) electrons. The van der Waals surface area contributed by atoms with Crippen LogP contribution in [0.5, 0.6) is 0 Å². The Bertz CT molecular complexity index is 513. The molecule has 18 heavy (non-hydrogen) atoms. The van der Waals surface area contributed by atoms with Crippen molar-refractivity contribution >= 4 is 49.2 Å². The fourth-order valence-corrected chi connectivity index (χ4v) is 4.22. The third-order valence-electron chi connectivity index (χ3n) is 2.19. The summed E-state index contributed by atoms with van der Waals surface area (Å²) < 4.78 is 32.1. The Balaban J connectivity index is 3.06. The molecule has 0 saturated heterocycles. The normalized spacial score (nSPS) is 13.6. The van der Waals surface area contributed by atoms with Crippen molar-refractivity contribution in [2.45, 2.75) is 17.9 Å². The highest BCUT2D eigenvalue weighted by atomic mass is 79.9. The molecule has 0 aliphatic heterocycles. The number of methoxy groups -OCH3 is 1. The number of halogens is 3. The Morgan fingerprint density at radius 2 is 1.89 bits per heavy atom. The van der Waals surface area contributed by atoms with Gasteiger partial charge >= 0.3 is 0 Å². The molecule has 1 aromatic carbocycles. The van der Waals surface area contributed by atoms with E-state index in [1.54, 1.807) is 6.92 Å². The van der Waals surface area contributed by atoms with Crippen molar-refractivity contribution in [3.05, 3.63) is 26.7 Å². The van der Waals surface area contributed by atoms with Crippen molar-refractivity contribution in [3.63, 3.8) is 0 Å². The molecule has 8 heteroatoms. The van der Waals surface area contributed by atoms with Crippen molar-refractivity contribution in [2.75, 3.05) is 13.7 Å². The van der Waals surface area contributed by atoms with Gasteiger partial charge in [0.1, 0.15) is 4.90 Å². The van der Waals surface area contributed by atoms with Crippen LogP contribution in [0.25, 0.3) is 0 Å². The van der Waals surface area contributed by atoms with Gasteiger partial charge in [0, 0.05) is 18.1 Å². The lowest BCUT2D eigenvalue weighted by molar-refractivity contribution is 0.122. The van der Waals surface area contributed by atoms with E-state index < -0.39 is 10.0 Å². The lowest BCUT2D eigenvalue weighted by Gasteiger charge is -2.13. The van der Waals surface area contributed by atoms with Gasteiger partial charge < -0.3 is 4.74 Å². The standard InChI is InChI=1S/C10H12BrCl2NO3S/c1-6(17-2)5-14-18(15,16)10-8(12)3-7(11)4-9(10)13/h3-4,6,14H,5H2,1-2H3. The van der Waals surface area contributed by atoms with Gasteiger partial charge in [-0.1, -0.05) is 39.1 Å². The first-order chi connectivity index (χ1) is 8.27. The highest BCUT2D eigenvalue weighted by Crippen LogP contribution is 2.32. The number of benzene rings is 1. The smallest absolute Gasteiger partial charge is 0.243 e. The molecule has 0 amide bonds. The van der Waals surface area contributed by atoms with E-state index in [1.165, 1.54) is 19.2 Å². The minimum Gasteiger partial charge on any atom is -0.380 e. The SMILES string of the molecule is COC(C)CNS(=O)(=O)c1c(Cl)cc(Br)cc1Cl. The summed E-state index contributed by atoms with van der Waals surface area (Å²) >= 11 is 15.0. The maximum atomic E-state index is 12.1. The molecule has 1 N–H and O–H groups in total. The third kappa shape index (κ3) is 4.08. The van der Waals surface area contributed by atoms with Crippen LogP contribution in [-0.2, 0) is 14.8 Å². The molecule has 0 fully saturated rings. The van der Waals surface area contributed by atoms with Gasteiger partial charge in [0.05, 0.1) is 16.1 Å². The highest BCUT2D eigenvalue weighted by molar-refractivity contribution is 9.10. The van der Waals surface area contributed by atoms with Crippen LogP contribution in [0.4, 0.5) is 0 Å². The Labute approximate surface area is 125 Å². The quantitative estimate of drug-likeness (QED) is 0.859. The van der Waals surface area contributed by atoms with Crippen LogP contribution in [0.3, 0.4) is 0 Å². The zero-order valence-corrected chi connectivity index (χ0v) is 13.6. The van der Waals surface area contributed by atoms with Crippen LogP contribution in [0.1, 0.15) is 6.92 Å². The van der Waals surface area contributed by atoms with E-state index in [9.17, 15) is 8.42 Å². The van der Waals surface area contributed by atoms with Gasteiger partial charge in [-0.3, -0.25) is 0 Å². The summed E-state index contributed by atoms with van der Waals surface area (Å²) in [6, 6.07) is 2.95. The molecule has 0 bridgehead atoms. The van der Waals surface area contributed by atoms with Gasteiger partial charge in [-0.15, -0.1) is 0 Å².